The maximum Gasteiger partial charge on any atom is 0.280 e. The molecule has 0 radical (unpaired) electrons. The number of hydrogen-bond acceptors (Lipinski definition) is 7. The Kier molecular flexibility index (Phi) is 4.43. The van der Waals surface area contributed by atoms with Crippen molar-refractivity contribution in [3.8, 4) is 5.88 Å². The molecule has 0 saturated carbocycles. The van der Waals surface area contributed by atoms with Gasteiger partial charge in [0.1, 0.15) is 5.15 Å². The topological polar surface area (TPSA) is 121 Å². The third kappa shape index (κ3) is 3.39. The number of nitrogens with one attached hydrogen (secondary N) is 1. The average molecular weight is 298 g/mol. The second-order valence-electron chi connectivity index (χ2n) is 3.67. The van der Waals surface area contributed by atoms with Gasteiger partial charge < -0.3 is 10.5 Å². The Labute approximate surface area is 119 Å². The van der Waals surface area contributed by atoms with Crippen molar-refractivity contribution in [2.75, 3.05) is 19.0 Å². The van der Waals surface area contributed by atoms with Gasteiger partial charge in [-0.3, -0.25) is 14.8 Å². The molecular formula is C10H12ClN7O2. The van der Waals surface area contributed by atoms with Gasteiger partial charge in [0.05, 0.1) is 19.9 Å². The lowest BCUT2D eigenvalue weighted by Gasteiger charge is -2.04. The summed E-state index contributed by atoms with van der Waals surface area (Å²) in [6.07, 6.45) is 1.48. The second-order valence-corrected chi connectivity index (χ2v) is 4.05. The van der Waals surface area contributed by atoms with E-state index in [9.17, 15) is 4.79 Å². The number of carbonyl (C=O) groups excluding carboxylic acids is 1. The maximum atomic E-state index is 11.9. The summed E-state index contributed by atoms with van der Waals surface area (Å²) in [7, 11) is 1.43. The molecule has 1 amide bonds. The number of aromatic nitrogens is 5. The second kappa shape index (κ2) is 6.26. The predicted molar refractivity (Wildman–Crippen MR) is 70.6 cm³/mol. The number of halogens is 1. The van der Waals surface area contributed by atoms with Gasteiger partial charge in [-0.25, -0.2) is 4.98 Å². The molecule has 0 aliphatic rings. The average Bonchev–Trinajstić information content (AvgIpc) is 2.87. The summed E-state index contributed by atoms with van der Waals surface area (Å²) in [5.41, 5.74) is 5.51. The van der Waals surface area contributed by atoms with Crippen molar-refractivity contribution in [1.82, 2.24) is 25.0 Å². The number of rotatable bonds is 5. The SMILES string of the molecule is COc1cc(Cl)nc(NC(=O)c2cn(CCN)nn2)n1. The zero-order chi connectivity index (χ0) is 14.5. The molecule has 2 rings (SSSR count). The zero-order valence-corrected chi connectivity index (χ0v) is 11.3. The van der Waals surface area contributed by atoms with Gasteiger partial charge >= 0.3 is 0 Å². The minimum atomic E-state index is -0.502. The molecule has 0 aromatic carbocycles. The van der Waals surface area contributed by atoms with Gasteiger partial charge in [-0.1, -0.05) is 16.8 Å². The monoisotopic (exact) mass is 297 g/mol. The van der Waals surface area contributed by atoms with Crippen molar-refractivity contribution in [2.24, 2.45) is 5.73 Å². The van der Waals surface area contributed by atoms with E-state index >= 15 is 0 Å². The predicted octanol–water partition coefficient (Wildman–Crippen LogP) is -0.0589. The van der Waals surface area contributed by atoms with Crippen molar-refractivity contribution in [3.05, 3.63) is 23.1 Å². The van der Waals surface area contributed by atoms with Crippen LogP contribution in [0.5, 0.6) is 5.88 Å². The molecule has 20 heavy (non-hydrogen) atoms. The molecule has 0 bridgehead atoms. The van der Waals surface area contributed by atoms with E-state index in [4.69, 9.17) is 22.1 Å². The zero-order valence-electron chi connectivity index (χ0n) is 10.6. The first-order valence-electron chi connectivity index (χ1n) is 5.62. The standard InChI is InChI=1S/C10H12ClN7O2/c1-20-8-4-7(11)13-10(14-8)15-9(19)6-5-18(3-2-12)17-16-6/h4-5H,2-3,12H2,1H3,(H,13,14,15,19). The number of carbonyl (C=O) groups is 1. The summed E-state index contributed by atoms with van der Waals surface area (Å²) in [6.45, 7) is 0.876. The van der Waals surface area contributed by atoms with Gasteiger partial charge in [0.15, 0.2) is 5.69 Å². The Morgan fingerprint density at radius 1 is 1.55 bits per heavy atom. The third-order valence-corrected chi connectivity index (χ3v) is 2.43. The fraction of sp³-hybridized carbons (Fsp3) is 0.300. The van der Waals surface area contributed by atoms with Crippen molar-refractivity contribution in [2.45, 2.75) is 6.54 Å². The van der Waals surface area contributed by atoms with Crippen LogP contribution < -0.4 is 15.8 Å². The van der Waals surface area contributed by atoms with E-state index in [0.29, 0.717) is 13.1 Å². The lowest BCUT2D eigenvalue weighted by Crippen LogP contribution is -2.15. The molecule has 106 valence electrons. The Morgan fingerprint density at radius 2 is 2.35 bits per heavy atom. The number of amides is 1. The first kappa shape index (κ1) is 14.2. The third-order valence-electron chi connectivity index (χ3n) is 2.24. The highest BCUT2D eigenvalue weighted by Crippen LogP contribution is 2.16. The van der Waals surface area contributed by atoms with Crippen molar-refractivity contribution in [1.29, 1.82) is 0 Å². The van der Waals surface area contributed by atoms with E-state index in [1.807, 2.05) is 0 Å². The highest BCUT2D eigenvalue weighted by Gasteiger charge is 2.13. The van der Waals surface area contributed by atoms with Crippen LogP contribution in [0.25, 0.3) is 0 Å². The van der Waals surface area contributed by atoms with Crippen LogP contribution in [-0.4, -0.2) is 44.5 Å². The Balaban J connectivity index is 2.12. The lowest BCUT2D eigenvalue weighted by atomic mass is 10.4. The van der Waals surface area contributed by atoms with Crippen LogP contribution in [0.4, 0.5) is 5.95 Å². The molecule has 3 N–H and O–H groups in total. The molecule has 9 nitrogen and oxygen atoms in total. The fourth-order valence-corrected chi connectivity index (χ4v) is 1.54. The van der Waals surface area contributed by atoms with Crippen LogP contribution in [0.1, 0.15) is 10.5 Å². The van der Waals surface area contributed by atoms with E-state index in [2.05, 4.69) is 25.6 Å². The summed E-state index contributed by atoms with van der Waals surface area (Å²) in [5.74, 6) is -0.239. The molecule has 0 aliphatic heterocycles. The molecule has 2 heterocycles. The van der Waals surface area contributed by atoms with Gasteiger partial charge in [-0.05, 0) is 0 Å². The Morgan fingerprint density at radius 3 is 3.05 bits per heavy atom. The minimum Gasteiger partial charge on any atom is -0.481 e. The lowest BCUT2D eigenvalue weighted by molar-refractivity contribution is 0.102. The molecule has 0 aliphatic carbocycles. The van der Waals surface area contributed by atoms with Crippen LogP contribution in [0.2, 0.25) is 5.15 Å². The molecular weight excluding hydrogens is 286 g/mol. The number of methoxy groups -OCH3 is 1. The maximum absolute atomic E-state index is 11.9. The molecule has 0 unspecified atom stereocenters. The van der Waals surface area contributed by atoms with E-state index in [-0.39, 0.29) is 22.7 Å². The van der Waals surface area contributed by atoms with Crippen molar-refractivity contribution < 1.29 is 9.53 Å². The molecule has 2 aromatic rings. The van der Waals surface area contributed by atoms with Crippen LogP contribution >= 0.6 is 11.6 Å². The van der Waals surface area contributed by atoms with Crippen LogP contribution in [0.3, 0.4) is 0 Å². The Bertz CT molecular complexity index is 615. The number of ether oxygens (including phenoxy) is 1. The van der Waals surface area contributed by atoms with E-state index in [0.717, 1.165) is 0 Å². The van der Waals surface area contributed by atoms with Gasteiger partial charge in [0.2, 0.25) is 11.8 Å². The first-order valence-corrected chi connectivity index (χ1v) is 6.00. The smallest absolute Gasteiger partial charge is 0.280 e. The van der Waals surface area contributed by atoms with Crippen LogP contribution in [0, 0.1) is 0 Å². The summed E-state index contributed by atoms with van der Waals surface area (Å²) in [4.78, 5) is 19.7. The number of anilines is 1. The molecule has 10 heteroatoms. The number of nitrogens with zero attached hydrogens (tertiary/aromatic N) is 5. The molecule has 2 aromatic heterocycles. The van der Waals surface area contributed by atoms with Gasteiger partial charge in [-0.15, -0.1) is 5.10 Å². The summed E-state index contributed by atoms with van der Waals surface area (Å²) in [6, 6.07) is 1.43. The molecule has 0 spiro atoms. The fourth-order valence-electron chi connectivity index (χ4n) is 1.37. The summed E-state index contributed by atoms with van der Waals surface area (Å²) < 4.78 is 6.39. The number of hydrogen-bond donors (Lipinski definition) is 2. The quantitative estimate of drug-likeness (QED) is 0.742. The van der Waals surface area contributed by atoms with Gasteiger partial charge in [0, 0.05) is 12.6 Å². The van der Waals surface area contributed by atoms with E-state index in [1.165, 1.54) is 24.1 Å². The van der Waals surface area contributed by atoms with E-state index in [1.54, 1.807) is 0 Å². The summed E-state index contributed by atoms with van der Waals surface area (Å²) in [5, 5.41) is 10.1. The van der Waals surface area contributed by atoms with Crippen molar-refractivity contribution in [3.63, 3.8) is 0 Å². The summed E-state index contributed by atoms with van der Waals surface area (Å²) >= 11 is 5.78. The van der Waals surface area contributed by atoms with Gasteiger partial charge in [0.25, 0.3) is 5.91 Å². The molecule has 0 atom stereocenters. The Hall–Kier alpha value is -2.26. The highest BCUT2D eigenvalue weighted by atomic mass is 35.5. The van der Waals surface area contributed by atoms with Crippen LogP contribution in [-0.2, 0) is 6.54 Å². The minimum absolute atomic E-state index is 0.0210. The normalized spacial score (nSPS) is 10.3. The largest absolute Gasteiger partial charge is 0.481 e. The number of nitrogens with two attached hydrogens (primary N) is 1. The molecule has 0 fully saturated rings. The van der Waals surface area contributed by atoms with E-state index < -0.39 is 5.91 Å². The van der Waals surface area contributed by atoms with Crippen LogP contribution in [0.15, 0.2) is 12.3 Å². The molecule has 0 saturated heterocycles. The first-order chi connectivity index (χ1) is 9.62. The van der Waals surface area contributed by atoms with Crippen molar-refractivity contribution >= 4 is 23.5 Å². The highest BCUT2D eigenvalue weighted by molar-refractivity contribution is 6.29. The van der Waals surface area contributed by atoms with Gasteiger partial charge in [-0.2, -0.15) is 4.98 Å².